The molecular formula is C20H23FN2O4S. The van der Waals surface area contributed by atoms with Crippen LogP contribution in [0.1, 0.15) is 12.0 Å². The maximum atomic E-state index is 13.2. The lowest BCUT2D eigenvalue weighted by Crippen LogP contribution is -2.37. The molecule has 3 rings (SSSR count). The first kappa shape index (κ1) is 20.4. The van der Waals surface area contributed by atoms with E-state index in [1.807, 2.05) is 0 Å². The second kappa shape index (κ2) is 9.27. The summed E-state index contributed by atoms with van der Waals surface area (Å²) in [7, 11) is -3.61. The summed E-state index contributed by atoms with van der Waals surface area (Å²) >= 11 is 0. The summed E-state index contributed by atoms with van der Waals surface area (Å²) in [6.45, 7) is 1.65. The molecule has 1 saturated heterocycles. The summed E-state index contributed by atoms with van der Waals surface area (Å²) in [5, 5.41) is 0. The molecule has 1 fully saturated rings. The lowest BCUT2D eigenvalue weighted by Gasteiger charge is -2.22. The number of carbonyl (C=O) groups is 1. The number of sulfonamides is 1. The Hall–Kier alpha value is -2.29. The van der Waals surface area contributed by atoms with Crippen LogP contribution >= 0.6 is 0 Å². The smallest absolute Gasteiger partial charge is 0.243 e. The maximum Gasteiger partial charge on any atom is 0.243 e. The minimum absolute atomic E-state index is 0.0971. The zero-order chi connectivity index (χ0) is 20.0. The third-order valence-corrected chi connectivity index (χ3v) is 6.50. The Bertz CT molecular complexity index is 905. The first-order chi connectivity index (χ1) is 13.5. The fraction of sp³-hybridized carbons (Fsp3) is 0.350. The molecule has 0 N–H and O–H groups in total. The van der Waals surface area contributed by atoms with Crippen LogP contribution in [-0.4, -0.2) is 56.3 Å². The molecule has 6 nitrogen and oxygen atoms in total. The van der Waals surface area contributed by atoms with E-state index in [0.717, 1.165) is 5.56 Å². The van der Waals surface area contributed by atoms with Crippen molar-refractivity contribution >= 4 is 15.9 Å². The van der Waals surface area contributed by atoms with Crippen molar-refractivity contribution in [2.45, 2.75) is 17.9 Å². The van der Waals surface area contributed by atoms with Crippen LogP contribution in [0.25, 0.3) is 0 Å². The molecule has 1 aliphatic rings. The van der Waals surface area contributed by atoms with Gasteiger partial charge in [-0.05, 0) is 29.8 Å². The van der Waals surface area contributed by atoms with E-state index in [0.29, 0.717) is 19.7 Å². The molecule has 2 aromatic carbocycles. The number of ether oxygens (including phenoxy) is 1. The number of rotatable bonds is 7. The molecule has 0 aromatic heterocycles. The molecular weight excluding hydrogens is 383 g/mol. The molecule has 2 aromatic rings. The van der Waals surface area contributed by atoms with Gasteiger partial charge in [0.2, 0.25) is 15.9 Å². The lowest BCUT2D eigenvalue weighted by molar-refractivity contribution is -0.131. The van der Waals surface area contributed by atoms with Gasteiger partial charge in [0.15, 0.2) is 0 Å². The Morgan fingerprint density at radius 1 is 1.00 bits per heavy atom. The highest BCUT2D eigenvalue weighted by Crippen LogP contribution is 2.17. The van der Waals surface area contributed by atoms with Gasteiger partial charge in [0, 0.05) is 32.6 Å². The monoisotopic (exact) mass is 406 g/mol. The Labute approximate surface area is 164 Å². The van der Waals surface area contributed by atoms with Gasteiger partial charge < -0.3 is 9.64 Å². The molecule has 0 radical (unpaired) electrons. The SMILES string of the molecule is O=C1CCN(S(=O)(=O)c2ccccc2)CCN1CCOCc1cccc(F)c1. The Kier molecular flexibility index (Phi) is 6.77. The molecule has 0 aliphatic carbocycles. The topological polar surface area (TPSA) is 66.9 Å². The van der Waals surface area contributed by atoms with E-state index < -0.39 is 10.0 Å². The first-order valence-electron chi connectivity index (χ1n) is 9.12. The van der Waals surface area contributed by atoms with E-state index in [1.54, 1.807) is 47.4 Å². The third kappa shape index (κ3) is 5.15. The third-order valence-electron chi connectivity index (χ3n) is 4.59. The predicted octanol–water partition coefficient (Wildman–Crippen LogP) is 2.27. The summed E-state index contributed by atoms with van der Waals surface area (Å²) in [6, 6.07) is 14.4. The van der Waals surface area contributed by atoms with Gasteiger partial charge in [0.25, 0.3) is 0 Å². The Morgan fingerprint density at radius 3 is 2.54 bits per heavy atom. The molecule has 28 heavy (non-hydrogen) atoms. The number of hydrogen-bond acceptors (Lipinski definition) is 4. The van der Waals surface area contributed by atoms with Gasteiger partial charge >= 0.3 is 0 Å². The standard InChI is InChI=1S/C20H23FN2O4S/c21-18-6-4-5-17(15-18)16-27-14-13-22-11-12-23(10-9-20(22)24)28(25,26)19-7-2-1-3-8-19/h1-8,15H,9-14,16H2. The van der Waals surface area contributed by atoms with Crippen molar-refractivity contribution in [3.05, 3.63) is 66.0 Å². The molecule has 1 heterocycles. The number of carbonyl (C=O) groups excluding carboxylic acids is 1. The van der Waals surface area contributed by atoms with E-state index in [2.05, 4.69) is 0 Å². The summed E-state index contributed by atoms with van der Waals surface area (Å²) < 4.78 is 45.5. The second-order valence-corrected chi connectivity index (χ2v) is 8.47. The number of hydrogen-bond donors (Lipinski definition) is 0. The van der Waals surface area contributed by atoms with Crippen molar-refractivity contribution in [1.82, 2.24) is 9.21 Å². The van der Waals surface area contributed by atoms with Gasteiger partial charge in [0.1, 0.15) is 5.82 Å². The van der Waals surface area contributed by atoms with Crippen LogP contribution in [0.4, 0.5) is 4.39 Å². The van der Waals surface area contributed by atoms with Crippen molar-refractivity contribution < 1.29 is 22.3 Å². The van der Waals surface area contributed by atoms with Crippen molar-refractivity contribution in [2.24, 2.45) is 0 Å². The Balaban J connectivity index is 1.52. The van der Waals surface area contributed by atoms with Crippen LogP contribution in [0.5, 0.6) is 0 Å². The van der Waals surface area contributed by atoms with Crippen molar-refractivity contribution in [3.8, 4) is 0 Å². The van der Waals surface area contributed by atoms with Crippen molar-refractivity contribution in [1.29, 1.82) is 0 Å². The summed E-state index contributed by atoms with van der Waals surface area (Å²) in [6.07, 6.45) is 0.135. The zero-order valence-electron chi connectivity index (χ0n) is 15.5. The van der Waals surface area contributed by atoms with Crippen LogP contribution in [0.2, 0.25) is 0 Å². The van der Waals surface area contributed by atoms with Gasteiger partial charge in [-0.3, -0.25) is 4.79 Å². The minimum Gasteiger partial charge on any atom is -0.375 e. The fourth-order valence-electron chi connectivity index (χ4n) is 3.06. The van der Waals surface area contributed by atoms with Crippen LogP contribution in [0.15, 0.2) is 59.5 Å². The van der Waals surface area contributed by atoms with Crippen LogP contribution in [0.3, 0.4) is 0 Å². The average Bonchev–Trinajstić information content (AvgIpc) is 2.88. The number of halogens is 1. The summed E-state index contributed by atoms with van der Waals surface area (Å²) in [5.74, 6) is -0.413. The number of benzene rings is 2. The van der Waals surface area contributed by atoms with Gasteiger partial charge in [0.05, 0.1) is 18.1 Å². The van der Waals surface area contributed by atoms with Gasteiger partial charge in [-0.2, -0.15) is 4.31 Å². The zero-order valence-corrected chi connectivity index (χ0v) is 16.3. The maximum absolute atomic E-state index is 13.2. The highest BCUT2D eigenvalue weighted by molar-refractivity contribution is 7.89. The van der Waals surface area contributed by atoms with E-state index in [1.165, 1.54) is 16.4 Å². The molecule has 0 bridgehead atoms. The van der Waals surface area contributed by atoms with Gasteiger partial charge in [-0.1, -0.05) is 30.3 Å². The van der Waals surface area contributed by atoms with Crippen LogP contribution in [0, 0.1) is 5.82 Å². The van der Waals surface area contributed by atoms with E-state index in [9.17, 15) is 17.6 Å². The fourth-order valence-corrected chi connectivity index (χ4v) is 4.51. The number of nitrogens with zero attached hydrogens (tertiary/aromatic N) is 2. The molecule has 0 atom stereocenters. The molecule has 0 spiro atoms. The molecule has 0 saturated carbocycles. The number of amides is 1. The largest absolute Gasteiger partial charge is 0.375 e. The highest BCUT2D eigenvalue weighted by atomic mass is 32.2. The lowest BCUT2D eigenvalue weighted by atomic mass is 10.2. The quantitative estimate of drug-likeness (QED) is 0.662. The molecule has 1 amide bonds. The predicted molar refractivity (Wildman–Crippen MR) is 102 cm³/mol. The van der Waals surface area contributed by atoms with Crippen molar-refractivity contribution in [3.63, 3.8) is 0 Å². The normalized spacial score (nSPS) is 16.2. The van der Waals surface area contributed by atoms with E-state index in [4.69, 9.17) is 4.74 Å². The minimum atomic E-state index is -3.61. The van der Waals surface area contributed by atoms with Crippen LogP contribution < -0.4 is 0 Å². The van der Waals surface area contributed by atoms with E-state index >= 15 is 0 Å². The highest BCUT2D eigenvalue weighted by Gasteiger charge is 2.29. The summed E-state index contributed by atoms with van der Waals surface area (Å²) in [4.78, 5) is 14.2. The Morgan fingerprint density at radius 2 is 1.79 bits per heavy atom. The van der Waals surface area contributed by atoms with Crippen molar-refractivity contribution in [2.75, 3.05) is 32.8 Å². The van der Waals surface area contributed by atoms with E-state index in [-0.39, 0.29) is 42.7 Å². The molecule has 8 heteroatoms. The average molecular weight is 406 g/mol. The van der Waals surface area contributed by atoms with Gasteiger partial charge in [-0.15, -0.1) is 0 Å². The second-order valence-electron chi connectivity index (χ2n) is 6.53. The molecule has 1 aliphatic heterocycles. The first-order valence-corrected chi connectivity index (χ1v) is 10.6. The van der Waals surface area contributed by atoms with Gasteiger partial charge in [-0.25, -0.2) is 12.8 Å². The molecule has 150 valence electrons. The van der Waals surface area contributed by atoms with Crippen LogP contribution in [-0.2, 0) is 26.2 Å². The molecule has 0 unspecified atom stereocenters. The summed E-state index contributed by atoms with van der Waals surface area (Å²) in [5.41, 5.74) is 0.724.